The van der Waals surface area contributed by atoms with Crippen molar-refractivity contribution in [3.05, 3.63) is 37.2 Å². The number of hydrogen-bond acceptors (Lipinski definition) is 2. The van der Waals surface area contributed by atoms with Crippen molar-refractivity contribution in [3.63, 3.8) is 0 Å². The van der Waals surface area contributed by atoms with Gasteiger partial charge in [0.15, 0.2) is 11.9 Å². The first kappa shape index (κ1) is 20.5. The van der Waals surface area contributed by atoms with Crippen molar-refractivity contribution in [2.24, 2.45) is 0 Å². The Balaban J connectivity index is 0.00000441. The molecule has 1 rings (SSSR count). The Labute approximate surface area is 139 Å². The summed E-state index contributed by atoms with van der Waals surface area (Å²) in [5.41, 5.74) is 0. The van der Waals surface area contributed by atoms with E-state index >= 15 is 0 Å². The molecule has 0 radical (unpaired) electrons. The average Bonchev–Trinajstić information content (AvgIpc) is 2.48. The fraction of sp³-hybridized carbons (Fsp3) is 0.529. The van der Waals surface area contributed by atoms with Crippen molar-refractivity contribution < 1.29 is 26.9 Å². The molecule has 0 fully saturated rings. The molecule has 2 N–H and O–H groups in total. The summed E-state index contributed by atoms with van der Waals surface area (Å²) in [6.07, 6.45) is 14.0. The molecule has 1 aromatic heterocycles. The number of amides is 1. The summed E-state index contributed by atoms with van der Waals surface area (Å²) in [7, 11) is 0. The van der Waals surface area contributed by atoms with Crippen molar-refractivity contribution in [1.29, 1.82) is 0 Å². The van der Waals surface area contributed by atoms with Gasteiger partial charge in [0, 0.05) is 12.5 Å². The standard InChI is InChI=1S/C17H26N2O2.ClH/c1-2-3-4-5-6-7-8-9-12-17(21)18-15-19-13-10-11-16(20)14-19;/h2,10-11,13-14H,1,3-9,12,15H2,(H-,18,20,21);1H. The topological polar surface area (TPSA) is 53.2 Å². The highest BCUT2D eigenvalue weighted by atomic mass is 35.5. The monoisotopic (exact) mass is 326 g/mol. The third kappa shape index (κ3) is 10.2. The van der Waals surface area contributed by atoms with Crippen molar-refractivity contribution in [3.8, 4) is 5.75 Å². The van der Waals surface area contributed by atoms with Crippen LogP contribution in [0.15, 0.2) is 37.2 Å². The zero-order chi connectivity index (χ0) is 15.3. The Morgan fingerprint density at radius 1 is 1.23 bits per heavy atom. The lowest BCUT2D eigenvalue weighted by Crippen LogP contribution is -3.00. The number of aromatic hydroxyl groups is 1. The van der Waals surface area contributed by atoms with E-state index < -0.39 is 0 Å². The summed E-state index contributed by atoms with van der Waals surface area (Å²) in [5.74, 6) is 0.265. The molecule has 0 aliphatic heterocycles. The maximum atomic E-state index is 11.7. The van der Waals surface area contributed by atoms with Crippen LogP contribution in [0.4, 0.5) is 0 Å². The second kappa shape index (κ2) is 13.1. The van der Waals surface area contributed by atoms with E-state index in [1.807, 2.05) is 12.3 Å². The second-order valence-electron chi connectivity index (χ2n) is 5.28. The van der Waals surface area contributed by atoms with Gasteiger partial charge in [-0.25, -0.2) is 0 Å². The van der Waals surface area contributed by atoms with Gasteiger partial charge in [-0.05, 0) is 25.3 Å². The summed E-state index contributed by atoms with van der Waals surface area (Å²) < 4.78 is 1.74. The smallest absolute Gasteiger partial charge is 0.224 e. The number of halogens is 1. The van der Waals surface area contributed by atoms with E-state index in [2.05, 4.69) is 11.9 Å². The van der Waals surface area contributed by atoms with Crippen LogP contribution < -0.4 is 22.3 Å². The number of hydrogen-bond donors (Lipinski definition) is 2. The fourth-order valence-electron chi connectivity index (χ4n) is 2.16. The minimum absolute atomic E-state index is 0. The van der Waals surface area contributed by atoms with E-state index in [-0.39, 0.29) is 24.1 Å². The largest absolute Gasteiger partial charge is 1.00 e. The normalized spacial score (nSPS) is 9.82. The number of rotatable bonds is 11. The molecule has 0 saturated heterocycles. The van der Waals surface area contributed by atoms with Gasteiger partial charge >= 0.3 is 0 Å². The SMILES string of the molecule is C=CCCCCCCCCC(=O)NC[n+]1cccc(O)c1.[Cl-]. The van der Waals surface area contributed by atoms with Crippen molar-refractivity contribution in [1.82, 2.24) is 5.32 Å². The number of aromatic nitrogens is 1. The Hall–Kier alpha value is -1.55. The maximum absolute atomic E-state index is 11.7. The first-order valence-corrected chi connectivity index (χ1v) is 7.78. The van der Waals surface area contributed by atoms with Crippen LogP contribution in [0.2, 0.25) is 0 Å². The van der Waals surface area contributed by atoms with Crippen molar-refractivity contribution >= 4 is 5.91 Å². The van der Waals surface area contributed by atoms with Gasteiger partial charge in [0.1, 0.15) is 0 Å². The molecule has 0 saturated carbocycles. The predicted octanol–water partition coefficient (Wildman–Crippen LogP) is 0.0642. The van der Waals surface area contributed by atoms with Crippen LogP contribution in [0.3, 0.4) is 0 Å². The number of carbonyl (C=O) groups is 1. The van der Waals surface area contributed by atoms with Gasteiger partial charge in [-0.15, -0.1) is 6.58 Å². The minimum atomic E-state index is 0. The second-order valence-corrected chi connectivity index (χ2v) is 5.28. The van der Waals surface area contributed by atoms with E-state index in [9.17, 15) is 9.90 Å². The molecule has 0 aromatic carbocycles. The Morgan fingerprint density at radius 3 is 2.59 bits per heavy atom. The Kier molecular flexibility index (Phi) is 12.2. The summed E-state index contributed by atoms with van der Waals surface area (Å²) in [6, 6.07) is 3.35. The highest BCUT2D eigenvalue weighted by Crippen LogP contribution is 2.08. The number of nitrogens with one attached hydrogen (secondary N) is 1. The van der Waals surface area contributed by atoms with Crippen LogP contribution in [0.25, 0.3) is 0 Å². The van der Waals surface area contributed by atoms with Gasteiger partial charge in [-0.3, -0.25) is 4.79 Å². The molecule has 0 aliphatic carbocycles. The first-order chi connectivity index (χ1) is 10.2. The number of nitrogens with zero attached hydrogens (tertiary/aromatic N) is 1. The van der Waals surface area contributed by atoms with Crippen molar-refractivity contribution in [2.45, 2.75) is 58.0 Å². The molecule has 22 heavy (non-hydrogen) atoms. The van der Waals surface area contributed by atoms with Crippen LogP contribution in [-0.2, 0) is 11.5 Å². The molecular formula is C17H27ClN2O2. The molecular weight excluding hydrogens is 300 g/mol. The van der Waals surface area contributed by atoms with Gasteiger partial charge in [0.2, 0.25) is 18.8 Å². The number of pyridine rings is 1. The summed E-state index contributed by atoms with van der Waals surface area (Å²) >= 11 is 0. The molecule has 5 heteroatoms. The number of unbranched alkanes of at least 4 members (excludes halogenated alkanes) is 6. The third-order valence-electron chi connectivity index (χ3n) is 3.36. The molecule has 1 heterocycles. The van der Waals surface area contributed by atoms with E-state index in [1.54, 1.807) is 22.9 Å². The number of carbonyl (C=O) groups excluding carboxylic acids is 1. The Morgan fingerprint density at radius 2 is 1.91 bits per heavy atom. The average molecular weight is 327 g/mol. The van der Waals surface area contributed by atoms with Crippen LogP contribution in [-0.4, -0.2) is 11.0 Å². The van der Waals surface area contributed by atoms with Gasteiger partial charge in [0.25, 0.3) is 0 Å². The fourth-order valence-corrected chi connectivity index (χ4v) is 2.16. The highest BCUT2D eigenvalue weighted by molar-refractivity contribution is 5.75. The summed E-state index contributed by atoms with van der Waals surface area (Å²) in [5, 5.41) is 12.2. The summed E-state index contributed by atoms with van der Waals surface area (Å²) in [6.45, 7) is 4.11. The van der Waals surface area contributed by atoms with Crippen molar-refractivity contribution in [2.75, 3.05) is 0 Å². The zero-order valence-corrected chi connectivity index (χ0v) is 13.9. The highest BCUT2D eigenvalue weighted by Gasteiger charge is 2.05. The molecule has 124 valence electrons. The molecule has 0 spiro atoms. The lowest BCUT2D eigenvalue weighted by molar-refractivity contribution is -0.700. The molecule has 0 aliphatic rings. The molecule has 1 aromatic rings. The molecule has 1 amide bonds. The third-order valence-corrected chi connectivity index (χ3v) is 3.36. The van der Waals surface area contributed by atoms with Crippen LogP contribution >= 0.6 is 0 Å². The first-order valence-electron chi connectivity index (χ1n) is 7.78. The van der Waals surface area contributed by atoms with Gasteiger partial charge < -0.3 is 22.8 Å². The van der Waals surface area contributed by atoms with Gasteiger partial charge in [0.05, 0.1) is 0 Å². The maximum Gasteiger partial charge on any atom is 0.224 e. The van der Waals surface area contributed by atoms with E-state index in [1.165, 1.54) is 25.7 Å². The van der Waals surface area contributed by atoms with Crippen LogP contribution in [0, 0.1) is 0 Å². The Bertz CT molecular complexity index is 438. The van der Waals surface area contributed by atoms with Gasteiger partial charge in [-0.2, -0.15) is 4.57 Å². The summed E-state index contributed by atoms with van der Waals surface area (Å²) in [4.78, 5) is 11.7. The minimum Gasteiger partial charge on any atom is -1.00 e. The van der Waals surface area contributed by atoms with E-state index in [0.717, 1.165) is 19.3 Å². The van der Waals surface area contributed by atoms with Crippen LogP contribution in [0.5, 0.6) is 5.75 Å². The van der Waals surface area contributed by atoms with Gasteiger partial charge in [-0.1, -0.05) is 31.8 Å². The number of allylic oxidation sites excluding steroid dienone is 1. The molecule has 0 unspecified atom stereocenters. The predicted molar refractivity (Wildman–Crippen MR) is 83.6 cm³/mol. The molecule has 0 atom stereocenters. The van der Waals surface area contributed by atoms with E-state index in [4.69, 9.17) is 0 Å². The molecule has 0 bridgehead atoms. The lowest BCUT2D eigenvalue weighted by atomic mass is 10.1. The van der Waals surface area contributed by atoms with E-state index in [0.29, 0.717) is 13.1 Å². The molecule has 4 nitrogen and oxygen atoms in total. The quantitative estimate of drug-likeness (QED) is 0.343. The van der Waals surface area contributed by atoms with Crippen LogP contribution in [0.1, 0.15) is 51.4 Å². The lowest BCUT2D eigenvalue weighted by Gasteiger charge is -2.03. The zero-order valence-electron chi connectivity index (χ0n) is 13.1.